The Hall–Kier alpha value is -3.43. The van der Waals surface area contributed by atoms with Crippen molar-refractivity contribution >= 4 is 39.9 Å². The lowest BCUT2D eigenvalue weighted by Crippen LogP contribution is -2.06. The molecule has 0 unspecified atom stereocenters. The quantitative estimate of drug-likeness (QED) is 0.235. The van der Waals surface area contributed by atoms with Gasteiger partial charge < -0.3 is 10.4 Å². The highest BCUT2D eigenvalue weighted by Crippen LogP contribution is 2.41. The van der Waals surface area contributed by atoms with E-state index < -0.39 is 22.7 Å². The number of carbonyl (C=O) groups is 1. The Balaban J connectivity index is 0.00000195. The van der Waals surface area contributed by atoms with Gasteiger partial charge in [0.15, 0.2) is 5.13 Å². The molecule has 2 aromatic carbocycles. The van der Waals surface area contributed by atoms with Crippen molar-refractivity contribution < 1.29 is 23.1 Å². The topological polar surface area (TPSA) is 75.1 Å². The molecule has 4 aromatic rings. The summed E-state index contributed by atoms with van der Waals surface area (Å²) in [6.07, 6.45) is -2.50. The summed E-state index contributed by atoms with van der Waals surface area (Å²) >= 11 is 7.01. The summed E-state index contributed by atoms with van der Waals surface area (Å²) in [5, 5.41) is 12.7. The van der Waals surface area contributed by atoms with Crippen molar-refractivity contribution in [2.45, 2.75) is 46.2 Å². The zero-order valence-electron chi connectivity index (χ0n) is 21.2. The molecular weight excluding hydrogens is 535 g/mol. The van der Waals surface area contributed by atoms with Crippen LogP contribution in [0.5, 0.6) is 0 Å². The van der Waals surface area contributed by atoms with Crippen LogP contribution in [0.2, 0.25) is 5.02 Å². The number of alkyl halides is 3. The Kier molecular flexibility index (Phi) is 9.51. The van der Waals surface area contributed by atoms with Crippen molar-refractivity contribution in [3.63, 3.8) is 0 Å². The molecule has 38 heavy (non-hydrogen) atoms. The summed E-state index contributed by atoms with van der Waals surface area (Å²) in [5.41, 5.74) is 1.41. The maximum atomic E-state index is 13.4. The van der Waals surface area contributed by atoms with E-state index in [4.69, 9.17) is 11.6 Å². The molecule has 2 heterocycles. The fourth-order valence-electron chi connectivity index (χ4n) is 3.67. The molecule has 0 amide bonds. The highest BCUT2D eigenvalue weighted by molar-refractivity contribution is 7.16. The van der Waals surface area contributed by atoms with E-state index in [1.54, 1.807) is 12.3 Å². The lowest BCUT2D eigenvalue weighted by atomic mass is 10.0. The molecule has 5 nitrogen and oxygen atoms in total. The first kappa shape index (κ1) is 29.1. The molecule has 0 radical (unpaired) electrons. The Bertz CT molecular complexity index is 1410. The number of aromatic carboxylic acids is 1. The largest absolute Gasteiger partial charge is 0.478 e. The predicted molar refractivity (Wildman–Crippen MR) is 147 cm³/mol. The summed E-state index contributed by atoms with van der Waals surface area (Å²) in [5.74, 6) is -1.10. The van der Waals surface area contributed by atoms with E-state index >= 15 is 0 Å². The molecule has 0 fully saturated rings. The normalized spacial score (nSPS) is 11.2. The van der Waals surface area contributed by atoms with Crippen LogP contribution in [-0.4, -0.2) is 21.0 Å². The summed E-state index contributed by atoms with van der Waals surface area (Å²) in [6, 6.07) is 14.8. The zero-order chi connectivity index (χ0) is 28.0. The molecule has 0 aliphatic rings. The maximum Gasteiger partial charge on any atom is 0.417 e. The van der Waals surface area contributed by atoms with Crippen LogP contribution in [0.15, 0.2) is 60.8 Å². The van der Waals surface area contributed by atoms with Gasteiger partial charge >= 0.3 is 12.1 Å². The van der Waals surface area contributed by atoms with Gasteiger partial charge in [-0.25, -0.2) is 14.8 Å². The van der Waals surface area contributed by atoms with Crippen LogP contribution in [0, 0.1) is 0 Å². The van der Waals surface area contributed by atoms with E-state index in [1.807, 2.05) is 58.0 Å². The number of nitrogens with zero attached hydrogens (tertiary/aromatic N) is 2. The van der Waals surface area contributed by atoms with Crippen LogP contribution in [0.25, 0.3) is 11.3 Å². The Morgan fingerprint density at radius 3 is 2.37 bits per heavy atom. The van der Waals surface area contributed by atoms with Gasteiger partial charge in [0.05, 0.1) is 16.3 Å². The van der Waals surface area contributed by atoms with E-state index in [0.717, 1.165) is 22.1 Å². The van der Waals surface area contributed by atoms with Crippen molar-refractivity contribution in [3.05, 3.63) is 92.9 Å². The van der Waals surface area contributed by atoms with Gasteiger partial charge in [-0.3, -0.25) is 0 Å². The fraction of sp³-hybridized carbons (Fsp3) is 0.250. The standard InChI is InChI=1S/C26H21ClF3N3O2S.C2H6/c1-14(2)22-21(17-8-9-20(27)19(12-17)26(28,29)30)32-25(36-22)33-23-18(24(34)35)11-16(13-31-23)10-15-6-4-3-5-7-15;1-2/h3-9,11-14H,10H2,1-2H3,(H,34,35)(H,31,32,33);1-2H3. The second-order valence-corrected chi connectivity index (χ2v) is 9.85. The minimum atomic E-state index is -4.61. The molecule has 2 aromatic heterocycles. The number of halogens is 4. The monoisotopic (exact) mass is 561 g/mol. The number of thiazole rings is 1. The van der Waals surface area contributed by atoms with Crippen molar-refractivity contribution in [2.75, 3.05) is 5.32 Å². The van der Waals surface area contributed by atoms with Crippen LogP contribution < -0.4 is 5.32 Å². The van der Waals surface area contributed by atoms with E-state index in [-0.39, 0.29) is 22.9 Å². The summed E-state index contributed by atoms with van der Waals surface area (Å²) in [7, 11) is 0. The first-order valence-electron chi connectivity index (χ1n) is 11.9. The third-order valence-corrected chi connectivity index (χ3v) is 6.98. The van der Waals surface area contributed by atoms with Crippen LogP contribution in [0.3, 0.4) is 0 Å². The van der Waals surface area contributed by atoms with Crippen molar-refractivity contribution in [1.29, 1.82) is 0 Å². The van der Waals surface area contributed by atoms with Crippen molar-refractivity contribution in [1.82, 2.24) is 9.97 Å². The molecule has 10 heteroatoms. The van der Waals surface area contributed by atoms with Gasteiger partial charge in [-0.2, -0.15) is 13.2 Å². The number of pyridine rings is 1. The van der Waals surface area contributed by atoms with Crippen molar-refractivity contribution in [2.24, 2.45) is 0 Å². The Morgan fingerprint density at radius 1 is 1.08 bits per heavy atom. The Morgan fingerprint density at radius 2 is 1.76 bits per heavy atom. The number of aromatic nitrogens is 2. The van der Waals surface area contributed by atoms with Crippen LogP contribution in [0.1, 0.15) is 65.5 Å². The minimum absolute atomic E-state index is 0.0304. The smallest absolute Gasteiger partial charge is 0.417 e. The van der Waals surface area contributed by atoms with Crippen LogP contribution in [0.4, 0.5) is 24.1 Å². The molecule has 0 spiro atoms. The average molecular weight is 562 g/mol. The molecule has 2 N–H and O–H groups in total. The summed E-state index contributed by atoms with van der Waals surface area (Å²) in [4.78, 5) is 21.5. The van der Waals surface area contributed by atoms with E-state index in [2.05, 4.69) is 15.3 Å². The number of carboxylic acids is 1. The zero-order valence-corrected chi connectivity index (χ0v) is 22.8. The fourth-order valence-corrected chi connectivity index (χ4v) is 4.89. The highest BCUT2D eigenvalue weighted by atomic mass is 35.5. The first-order chi connectivity index (χ1) is 18.0. The number of carboxylic acid groups (broad SMARTS) is 1. The third-order valence-electron chi connectivity index (χ3n) is 5.37. The highest BCUT2D eigenvalue weighted by Gasteiger charge is 2.34. The lowest BCUT2D eigenvalue weighted by Gasteiger charge is -2.11. The van der Waals surface area contributed by atoms with E-state index in [9.17, 15) is 23.1 Å². The molecule has 200 valence electrons. The van der Waals surface area contributed by atoms with Crippen LogP contribution >= 0.6 is 22.9 Å². The predicted octanol–water partition coefficient (Wildman–Crippen LogP) is 9.06. The molecule has 0 bridgehead atoms. The second kappa shape index (κ2) is 12.4. The molecule has 0 aliphatic carbocycles. The van der Waals surface area contributed by atoms with Gasteiger partial charge in [-0.15, -0.1) is 11.3 Å². The molecule has 0 aliphatic heterocycles. The number of anilines is 2. The van der Waals surface area contributed by atoms with Gasteiger partial charge in [0.1, 0.15) is 11.4 Å². The third kappa shape index (κ3) is 6.90. The van der Waals surface area contributed by atoms with Gasteiger partial charge in [0.2, 0.25) is 0 Å². The number of benzene rings is 2. The number of hydrogen-bond donors (Lipinski definition) is 2. The van der Waals surface area contributed by atoms with E-state index in [1.165, 1.54) is 23.5 Å². The maximum absolute atomic E-state index is 13.4. The minimum Gasteiger partial charge on any atom is -0.478 e. The van der Waals surface area contributed by atoms with Gasteiger partial charge in [-0.1, -0.05) is 75.7 Å². The van der Waals surface area contributed by atoms with Gasteiger partial charge in [0, 0.05) is 16.6 Å². The summed E-state index contributed by atoms with van der Waals surface area (Å²) in [6.45, 7) is 7.81. The van der Waals surface area contributed by atoms with Crippen LogP contribution in [-0.2, 0) is 12.6 Å². The van der Waals surface area contributed by atoms with Gasteiger partial charge in [-0.05, 0) is 41.7 Å². The SMILES string of the molecule is CC.CC(C)c1sc(Nc2ncc(Cc3ccccc3)cc2C(=O)O)nc1-c1ccc(Cl)c(C(F)(F)F)c1. The molecule has 4 rings (SSSR count). The molecular formula is C28H27ClF3N3O2S. The second-order valence-electron chi connectivity index (χ2n) is 8.41. The van der Waals surface area contributed by atoms with E-state index in [0.29, 0.717) is 17.2 Å². The Labute approximate surface area is 228 Å². The lowest BCUT2D eigenvalue weighted by molar-refractivity contribution is -0.137. The first-order valence-corrected chi connectivity index (χ1v) is 13.1. The molecule has 0 atom stereocenters. The molecule has 0 saturated heterocycles. The average Bonchev–Trinajstić information content (AvgIpc) is 3.30. The number of nitrogens with one attached hydrogen (secondary N) is 1. The van der Waals surface area contributed by atoms with Gasteiger partial charge in [0.25, 0.3) is 0 Å². The van der Waals surface area contributed by atoms with Crippen molar-refractivity contribution in [3.8, 4) is 11.3 Å². The molecule has 0 saturated carbocycles. The number of rotatable bonds is 7. The summed E-state index contributed by atoms with van der Waals surface area (Å²) < 4.78 is 40.2. The number of hydrogen-bond acceptors (Lipinski definition) is 5.